The number of amides is 2. The molecular weight excluding hydrogens is 426 g/mol. The number of hydrogen-bond donors (Lipinski definition) is 3. The van der Waals surface area contributed by atoms with Crippen LogP contribution in [0.3, 0.4) is 0 Å². The molecule has 0 saturated heterocycles. The van der Waals surface area contributed by atoms with E-state index in [0.717, 1.165) is 18.4 Å². The van der Waals surface area contributed by atoms with Crippen LogP contribution in [-0.2, 0) is 19.1 Å². The van der Waals surface area contributed by atoms with Crippen molar-refractivity contribution in [2.24, 2.45) is 39.4 Å². The van der Waals surface area contributed by atoms with Crippen LogP contribution in [0.2, 0.25) is 0 Å². The number of esters is 1. The molecule has 0 radical (unpaired) electrons. The zero-order chi connectivity index (χ0) is 24.2. The third kappa shape index (κ3) is 3.53. The molecule has 4 rings (SSSR count). The van der Waals surface area contributed by atoms with E-state index in [-0.39, 0.29) is 48.1 Å². The van der Waals surface area contributed by atoms with Crippen molar-refractivity contribution in [3.05, 3.63) is 23.8 Å². The highest BCUT2D eigenvalue weighted by molar-refractivity contribution is 6.02. The Kier molecular flexibility index (Phi) is 5.59. The second kappa shape index (κ2) is 7.90. The number of hydrogen-bond acceptors (Lipinski definition) is 7. The molecular formula is C24H31N3O6. The zero-order valence-corrected chi connectivity index (χ0v) is 19.2. The molecule has 0 aliphatic heterocycles. The van der Waals surface area contributed by atoms with E-state index in [0.29, 0.717) is 12.8 Å². The zero-order valence-electron chi connectivity index (χ0n) is 19.2. The molecule has 0 spiro atoms. The smallest absolute Gasteiger partial charge is 0.332 e. The summed E-state index contributed by atoms with van der Waals surface area (Å²) in [5.74, 6) is -0.767. The second-order valence-electron chi connectivity index (χ2n) is 10.2. The Morgan fingerprint density at radius 1 is 1.30 bits per heavy atom. The van der Waals surface area contributed by atoms with Crippen LogP contribution < -0.4 is 11.2 Å². The van der Waals surface area contributed by atoms with Gasteiger partial charge >= 0.3 is 12.0 Å². The Morgan fingerprint density at radius 2 is 2.03 bits per heavy atom. The summed E-state index contributed by atoms with van der Waals surface area (Å²) in [6, 6.07) is -0.906. The van der Waals surface area contributed by atoms with E-state index in [1.54, 1.807) is 12.2 Å². The lowest BCUT2D eigenvalue weighted by Crippen LogP contribution is -2.61. The number of nitrogens with one attached hydrogen (secondary N) is 1. The second-order valence-corrected chi connectivity index (χ2v) is 10.2. The van der Waals surface area contributed by atoms with Crippen LogP contribution in [0.4, 0.5) is 4.79 Å². The predicted molar refractivity (Wildman–Crippen MR) is 119 cm³/mol. The third-order valence-corrected chi connectivity index (χ3v) is 8.60. The summed E-state index contributed by atoms with van der Waals surface area (Å²) in [5, 5.41) is 15.9. The highest BCUT2D eigenvalue weighted by atomic mass is 16.5. The minimum atomic E-state index is -1.55. The summed E-state index contributed by atoms with van der Waals surface area (Å²) < 4.78 is 5.11. The molecule has 33 heavy (non-hydrogen) atoms. The Bertz CT molecular complexity index is 1020. The van der Waals surface area contributed by atoms with Crippen molar-refractivity contribution < 1.29 is 29.0 Å². The lowest BCUT2D eigenvalue weighted by Gasteiger charge is -2.57. The number of ketones is 2. The molecule has 0 unspecified atom stereocenters. The van der Waals surface area contributed by atoms with Crippen LogP contribution in [0.25, 0.3) is 0 Å². The van der Waals surface area contributed by atoms with E-state index in [9.17, 15) is 24.3 Å². The summed E-state index contributed by atoms with van der Waals surface area (Å²) in [6.07, 6.45) is 7.69. The molecule has 0 aromatic carbocycles. The summed E-state index contributed by atoms with van der Waals surface area (Å²) in [6.45, 7) is 4.85. The molecule has 6 atom stereocenters. The molecule has 0 aromatic rings. The third-order valence-electron chi connectivity index (χ3n) is 8.60. The molecule has 0 bridgehead atoms. The number of nitrogens with two attached hydrogens (primary N) is 1. The van der Waals surface area contributed by atoms with Crippen LogP contribution >= 0.6 is 0 Å². The number of rotatable bonds is 4. The van der Waals surface area contributed by atoms with Gasteiger partial charge in [-0.3, -0.25) is 14.4 Å². The van der Waals surface area contributed by atoms with Crippen molar-refractivity contribution in [3.8, 4) is 0 Å². The minimum absolute atomic E-state index is 0.0192. The first-order chi connectivity index (χ1) is 15.4. The van der Waals surface area contributed by atoms with Crippen molar-refractivity contribution in [3.63, 3.8) is 0 Å². The van der Waals surface area contributed by atoms with Crippen molar-refractivity contribution in [1.29, 1.82) is 0 Å². The van der Waals surface area contributed by atoms with Gasteiger partial charge in [0, 0.05) is 30.1 Å². The molecule has 0 aromatic heterocycles. The molecule has 4 N–H and O–H groups in total. The van der Waals surface area contributed by atoms with Crippen LogP contribution in [0.1, 0.15) is 52.9 Å². The van der Waals surface area contributed by atoms with Crippen molar-refractivity contribution in [1.82, 2.24) is 5.43 Å². The highest BCUT2D eigenvalue weighted by Crippen LogP contribution is 2.66. The Hall–Kier alpha value is -2.81. The molecule has 178 valence electrons. The molecule has 3 saturated carbocycles. The fraction of sp³-hybridized carbons (Fsp3) is 0.625. The number of urea groups is 1. The van der Waals surface area contributed by atoms with Crippen molar-refractivity contribution >= 4 is 29.3 Å². The lowest BCUT2D eigenvalue weighted by atomic mass is 9.46. The largest absolute Gasteiger partial charge is 0.460 e. The summed E-state index contributed by atoms with van der Waals surface area (Å²) in [4.78, 5) is 48.4. The van der Waals surface area contributed by atoms with E-state index in [1.165, 1.54) is 6.92 Å². The van der Waals surface area contributed by atoms with E-state index in [1.807, 2.05) is 19.9 Å². The standard InChI is InChI=1S/C24H31N3O6/c1-13(28)33-12-19(26-27-21(25)31)24(32)9-7-17-16-5-4-14-10-15(29)6-8-22(14,2)20(16)18(30)11-23(17,24)3/h6,8,10,16-17,20,32H,4-5,7,9,11-12H2,1-3H3,(H3,25,27,31)/b26-19+/t16-,17-,20+,22-,23-,24-/m0/s1. The molecule has 0 heterocycles. The maximum atomic E-state index is 13.7. The first-order valence-electron chi connectivity index (χ1n) is 11.4. The average Bonchev–Trinajstić information content (AvgIpc) is 2.99. The number of hydrazone groups is 1. The van der Waals surface area contributed by atoms with Gasteiger partial charge in [-0.05, 0) is 49.7 Å². The van der Waals surface area contributed by atoms with E-state index >= 15 is 0 Å². The lowest BCUT2D eigenvalue weighted by molar-refractivity contribution is -0.150. The van der Waals surface area contributed by atoms with Crippen molar-refractivity contribution in [2.45, 2.75) is 58.5 Å². The molecule has 3 fully saturated rings. The topological polar surface area (TPSA) is 148 Å². The maximum absolute atomic E-state index is 13.7. The quantitative estimate of drug-likeness (QED) is 0.333. The number of nitrogens with zero attached hydrogens (tertiary/aromatic N) is 1. The Morgan fingerprint density at radius 3 is 2.70 bits per heavy atom. The molecule has 9 heteroatoms. The number of fused-ring (bicyclic) bond motifs is 5. The first-order valence-corrected chi connectivity index (χ1v) is 11.4. The van der Waals surface area contributed by atoms with Gasteiger partial charge in [-0.15, -0.1) is 0 Å². The number of allylic oxidation sites excluding steroid dienone is 4. The number of carbonyl (C=O) groups excluding carboxylic acids is 4. The van der Waals surface area contributed by atoms with Gasteiger partial charge in [-0.2, -0.15) is 5.10 Å². The maximum Gasteiger partial charge on any atom is 0.332 e. The Labute approximate surface area is 192 Å². The number of aliphatic hydroxyl groups is 1. The summed E-state index contributed by atoms with van der Waals surface area (Å²) in [5.41, 5.74) is 5.49. The fourth-order valence-electron chi connectivity index (χ4n) is 7.04. The van der Waals surface area contributed by atoms with Gasteiger partial charge in [0.2, 0.25) is 0 Å². The van der Waals surface area contributed by atoms with Gasteiger partial charge in [0.15, 0.2) is 5.78 Å². The molecule has 4 aliphatic carbocycles. The number of Topliss-reactive ketones (excluding diaryl/α,β-unsaturated/α-hetero) is 1. The number of ether oxygens (including phenoxy) is 1. The number of primary amides is 1. The summed E-state index contributed by atoms with van der Waals surface area (Å²) in [7, 11) is 0. The predicted octanol–water partition coefficient (Wildman–Crippen LogP) is 1.79. The van der Waals surface area contributed by atoms with Crippen LogP contribution in [0, 0.1) is 28.6 Å². The van der Waals surface area contributed by atoms with Gasteiger partial charge in [-0.25, -0.2) is 10.2 Å². The van der Waals surface area contributed by atoms with Gasteiger partial charge in [-0.1, -0.05) is 25.5 Å². The van der Waals surface area contributed by atoms with E-state index in [2.05, 4.69) is 10.5 Å². The normalized spacial score (nSPS) is 39.8. The average molecular weight is 458 g/mol. The van der Waals surface area contributed by atoms with Gasteiger partial charge in [0.25, 0.3) is 0 Å². The minimum Gasteiger partial charge on any atom is -0.460 e. The van der Waals surface area contributed by atoms with Crippen LogP contribution in [0.5, 0.6) is 0 Å². The Balaban J connectivity index is 1.71. The molecule has 2 amide bonds. The number of carbonyl (C=O) groups is 4. The fourth-order valence-corrected chi connectivity index (χ4v) is 7.04. The monoisotopic (exact) mass is 457 g/mol. The highest BCUT2D eigenvalue weighted by Gasteiger charge is 2.67. The first kappa shape index (κ1) is 23.4. The van der Waals surface area contributed by atoms with Gasteiger partial charge in [0.1, 0.15) is 23.7 Å². The van der Waals surface area contributed by atoms with Gasteiger partial charge < -0.3 is 15.6 Å². The van der Waals surface area contributed by atoms with Crippen LogP contribution in [-0.4, -0.2) is 46.6 Å². The van der Waals surface area contributed by atoms with E-state index in [4.69, 9.17) is 10.5 Å². The summed E-state index contributed by atoms with van der Waals surface area (Å²) >= 11 is 0. The van der Waals surface area contributed by atoms with E-state index < -0.39 is 28.4 Å². The van der Waals surface area contributed by atoms with Gasteiger partial charge in [0.05, 0.1) is 0 Å². The van der Waals surface area contributed by atoms with Crippen molar-refractivity contribution in [2.75, 3.05) is 6.61 Å². The molecule has 9 nitrogen and oxygen atoms in total. The SMILES string of the molecule is CC(=O)OC/C(=N\NC(N)=O)[C@@]1(O)CC[C@H]2[C@@H]3CCC4=CC(=O)C=C[C@]4(C)[C@H]3C(=O)C[C@@]21C. The molecule has 4 aliphatic rings. The van der Waals surface area contributed by atoms with Crippen LogP contribution in [0.15, 0.2) is 28.9 Å².